The van der Waals surface area contributed by atoms with Crippen molar-refractivity contribution in [2.45, 2.75) is 58.5 Å². The lowest BCUT2D eigenvalue weighted by molar-refractivity contribution is 0.0658. The molecule has 5 heteroatoms. The molecular formula is C15H26N4O. The minimum Gasteiger partial charge on any atom is -0.383 e. The zero-order chi connectivity index (χ0) is 14.4. The fourth-order valence-electron chi connectivity index (χ4n) is 2.54. The average molecular weight is 278 g/mol. The number of nitrogens with zero attached hydrogens (tertiary/aromatic N) is 2. The van der Waals surface area contributed by atoms with Crippen molar-refractivity contribution in [1.82, 2.24) is 9.97 Å². The van der Waals surface area contributed by atoms with Gasteiger partial charge in [0.25, 0.3) is 0 Å². The number of hydrogen-bond donors (Lipinski definition) is 2. The van der Waals surface area contributed by atoms with Crippen molar-refractivity contribution in [3.63, 3.8) is 0 Å². The van der Waals surface area contributed by atoms with Gasteiger partial charge in [-0.25, -0.2) is 9.97 Å². The monoisotopic (exact) mass is 278 g/mol. The molecule has 1 aliphatic rings. The summed E-state index contributed by atoms with van der Waals surface area (Å²) in [7, 11) is 0. The molecule has 112 valence electrons. The van der Waals surface area contributed by atoms with E-state index in [1.54, 1.807) is 0 Å². The molecule has 0 amide bonds. The minimum atomic E-state index is 0.462. The number of aromatic nitrogens is 2. The molecule has 2 rings (SSSR count). The summed E-state index contributed by atoms with van der Waals surface area (Å²) in [5.41, 5.74) is 6.86. The van der Waals surface area contributed by atoms with Crippen molar-refractivity contribution >= 4 is 11.6 Å². The molecule has 0 radical (unpaired) electrons. The second kappa shape index (κ2) is 7.43. The molecule has 3 N–H and O–H groups in total. The van der Waals surface area contributed by atoms with E-state index in [-0.39, 0.29) is 0 Å². The predicted molar refractivity (Wildman–Crippen MR) is 81.9 cm³/mol. The summed E-state index contributed by atoms with van der Waals surface area (Å²) in [5, 5.41) is 3.32. The van der Waals surface area contributed by atoms with Gasteiger partial charge in [-0.15, -0.1) is 0 Å². The molecule has 0 spiro atoms. The zero-order valence-corrected chi connectivity index (χ0v) is 12.6. The average Bonchev–Trinajstić information content (AvgIpc) is 2.93. The standard InChI is InChI=1S/C15H26N4O/c1-3-6-13-18-14(16)11(2)15(19-13)17-9-10-20-12-7-4-5-8-12/h12H,3-10H2,1-2H3,(H3,16,17,18,19). The Bertz CT molecular complexity index is 430. The molecule has 1 fully saturated rings. The Morgan fingerprint density at radius 1 is 1.30 bits per heavy atom. The summed E-state index contributed by atoms with van der Waals surface area (Å²) in [4.78, 5) is 8.84. The number of anilines is 2. The van der Waals surface area contributed by atoms with Gasteiger partial charge in [0.15, 0.2) is 0 Å². The Balaban J connectivity index is 1.84. The molecule has 20 heavy (non-hydrogen) atoms. The topological polar surface area (TPSA) is 73.1 Å². The van der Waals surface area contributed by atoms with E-state index in [4.69, 9.17) is 10.5 Å². The van der Waals surface area contributed by atoms with Crippen LogP contribution < -0.4 is 11.1 Å². The van der Waals surface area contributed by atoms with Crippen LogP contribution >= 0.6 is 0 Å². The van der Waals surface area contributed by atoms with Gasteiger partial charge in [-0.2, -0.15) is 0 Å². The number of hydrogen-bond acceptors (Lipinski definition) is 5. The van der Waals surface area contributed by atoms with Crippen LogP contribution in [0, 0.1) is 6.92 Å². The minimum absolute atomic E-state index is 0.462. The van der Waals surface area contributed by atoms with Gasteiger partial charge in [-0.1, -0.05) is 19.8 Å². The third kappa shape index (κ3) is 4.07. The summed E-state index contributed by atoms with van der Waals surface area (Å²) in [6.07, 6.45) is 7.37. The number of nitrogens with two attached hydrogens (primary N) is 1. The summed E-state index contributed by atoms with van der Waals surface area (Å²) < 4.78 is 5.84. The van der Waals surface area contributed by atoms with Gasteiger partial charge in [0.05, 0.1) is 12.7 Å². The molecule has 1 aromatic rings. The Labute approximate surface area is 121 Å². The highest BCUT2D eigenvalue weighted by Gasteiger charge is 2.15. The van der Waals surface area contributed by atoms with E-state index >= 15 is 0 Å². The summed E-state index contributed by atoms with van der Waals surface area (Å²) in [6, 6.07) is 0. The molecule has 0 aromatic carbocycles. The van der Waals surface area contributed by atoms with Crippen LogP contribution in [-0.4, -0.2) is 29.2 Å². The maximum Gasteiger partial charge on any atom is 0.134 e. The Morgan fingerprint density at radius 3 is 2.75 bits per heavy atom. The van der Waals surface area contributed by atoms with Gasteiger partial charge in [0.1, 0.15) is 17.5 Å². The molecule has 0 aliphatic heterocycles. The Kier molecular flexibility index (Phi) is 5.59. The number of ether oxygens (including phenoxy) is 1. The van der Waals surface area contributed by atoms with Crippen LogP contribution in [0.1, 0.15) is 50.4 Å². The van der Waals surface area contributed by atoms with Crippen LogP contribution in [0.4, 0.5) is 11.6 Å². The lowest BCUT2D eigenvalue weighted by Crippen LogP contribution is -2.17. The lowest BCUT2D eigenvalue weighted by atomic mass is 10.2. The fraction of sp³-hybridized carbons (Fsp3) is 0.733. The second-order valence-corrected chi connectivity index (χ2v) is 5.45. The van der Waals surface area contributed by atoms with Gasteiger partial charge in [-0.3, -0.25) is 0 Å². The van der Waals surface area contributed by atoms with Crippen molar-refractivity contribution in [3.8, 4) is 0 Å². The van der Waals surface area contributed by atoms with E-state index in [1.165, 1.54) is 25.7 Å². The third-order valence-electron chi connectivity index (χ3n) is 3.75. The first-order valence-electron chi connectivity index (χ1n) is 7.69. The van der Waals surface area contributed by atoms with Gasteiger partial charge in [-0.05, 0) is 26.2 Å². The molecule has 0 bridgehead atoms. The lowest BCUT2D eigenvalue weighted by Gasteiger charge is -2.14. The van der Waals surface area contributed by atoms with Crippen molar-refractivity contribution in [3.05, 3.63) is 11.4 Å². The van der Waals surface area contributed by atoms with Crippen molar-refractivity contribution in [1.29, 1.82) is 0 Å². The van der Waals surface area contributed by atoms with Crippen LogP contribution in [0.25, 0.3) is 0 Å². The van der Waals surface area contributed by atoms with E-state index in [0.717, 1.165) is 43.2 Å². The SMILES string of the molecule is CCCc1nc(N)c(C)c(NCCOC2CCCC2)n1. The first-order valence-corrected chi connectivity index (χ1v) is 7.69. The first kappa shape index (κ1) is 15.0. The quantitative estimate of drug-likeness (QED) is 0.750. The highest BCUT2D eigenvalue weighted by atomic mass is 16.5. The van der Waals surface area contributed by atoms with Crippen LogP contribution in [0.15, 0.2) is 0 Å². The molecule has 1 heterocycles. The number of nitrogen functional groups attached to an aromatic ring is 1. The number of nitrogens with one attached hydrogen (secondary N) is 1. The molecule has 0 unspecified atom stereocenters. The molecule has 0 saturated heterocycles. The normalized spacial score (nSPS) is 15.7. The Morgan fingerprint density at radius 2 is 2.05 bits per heavy atom. The number of aryl methyl sites for hydroxylation is 1. The van der Waals surface area contributed by atoms with Crippen LogP contribution in [0.3, 0.4) is 0 Å². The maximum atomic E-state index is 5.93. The molecule has 1 aromatic heterocycles. The van der Waals surface area contributed by atoms with Crippen molar-refractivity contribution in [2.75, 3.05) is 24.2 Å². The largest absolute Gasteiger partial charge is 0.383 e. The highest BCUT2D eigenvalue weighted by molar-refractivity contribution is 5.54. The molecular weight excluding hydrogens is 252 g/mol. The number of rotatable bonds is 7. The molecule has 1 aliphatic carbocycles. The first-order chi connectivity index (χ1) is 9.70. The van der Waals surface area contributed by atoms with E-state index in [0.29, 0.717) is 11.9 Å². The summed E-state index contributed by atoms with van der Waals surface area (Å²) >= 11 is 0. The second-order valence-electron chi connectivity index (χ2n) is 5.45. The molecule has 0 atom stereocenters. The van der Waals surface area contributed by atoms with E-state index in [9.17, 15) is 0 Å². The van der Waals surface area contributed by atoms with Gasteiger partial charge < -0.3 is 15.8 Å². The van der Waals surface area contributed by atoms with Gasteiger partial charge in [0.2, 0.25) is 0 Å². The van der Waals surface area contributed by atoms with E-state index in [1.807, 2.05) is 6.92 Å². The summed E-state index contributed by atoms with van der Waals surface area (Å²) in [6.45, 7) is 5.55. The van der Waals surface area contributed by atoms with Crippen LogP contribution in [-0.2, 0) is 11.2 Å². The zero-order valence-electron chi connectivity index (χ0n) is 12.6. The smallest absolute Gasteiger partial charge is 0.134 e. The summed E-state index contributed by atoms with van der Waals surface area (Å²) in [5.74, 6) is 2.23. The predicted octanol–water partition coefficient (Wildman–Crippen LogP) is 2.69. The van der Waals surface area contributed by atoms with Crippen molar-refractivity contribution < 1.29 is 4.74 Å². The third-order valence-corrected chi connectivity index (χ3v) is 3.75. The van der Waals surface area contributed by atoms with Gasteiger partial charge >= 0.3 is 0 Å². The van der Waals surface area contributed by atoms with Gasteiger partial charge in [0, 0.05) is 18.5 Å². The van der Waals surface area contributed by atoms with E-state index in [2.05, 4.69) is 22.2 Å². The maximum absolute atomic E-state index is 5.93. The Hall–Kier alpha value is -1.36. The van der Waals surface area contributed by atoms with E-state index < -0.39 is 0 Å². The highest BCUT2D eigenvalue weighted by Crippen LogP contribution is 2.21. The van der Waals surface area contributed by atoms with Crippen LogP contribution in [0.2, 0.25) is 0 Å². The van der Waals surface area contributed by atoms with Crippen LogP contribution in [0.5, 0.6) is 0 Å². The molecule has 5 nitrogen and oxygen atoms in total. The molecule has 1 saturated carbocycles. The fourth-order valence-corrected chi connectivity index (χ4v) is 2.54. The van der Waals surface area contributed by atoms with Crippen molar-refractivity contribution in [2.24, 2.45) is 0 Å².